The van der Waals surface area contributed by atoms with Crippen molar-refractivity contribution in [1.29, 1.82) is 0 Å². The van der Waals surface area contributed by atoms with Crippen LogP contribution in [0.2, 0.25) is 0 Å². The first-order valence-electron chi connectivity index (χ1n) is 7.53. The summed E-state index contributed by atoms with van der Waals surface area (Å²) >= 11 is 0. The zero-order valence-corrected chi connectivity index (χ0v) is 15.9. The summed E-state index contributed by atoms with van der Waals surface area (Å²) in [5.74, 6) is -2.31. The van der Waals surface area contributed by atoms with Gasteiger partial charge in [-0.05, 0) is 35.8 Å². The summed E-state index contributed by atoms with van der Waals surface area (Å²) in [5, 5.41) is -0.815. The van der Waals surface area contributed by atoms with Crippen LogP contribution in [0.4, 0.5) is 0 Å². The van der Waals surface area contributed by atoms with Gasteiger partial charge in [-0.3, -0.25) is 14.1 Å². The Morgan fingerprint density at radius 2 is 2.00 bits per heavy atom. The van der Waals surface area contributed by atoms with Gasteiger partial charge in [-0.15, -0.1) is 5.06 Å². The van der Waals surface area contributed by atoms with Crippen molar-refractivity contribution in [2.45, 2.75) is 36.0 Å². The van der Waals surface area contributed by atoms with Gasteiger partial charge in [0.15, 0.2) is 5.25 Å². The number of carbonyl (C=O) groups excluding carboxylic acids is 3. The number of hydroxylamine groups is 2. The Balaban J connectivity index is 1.84. The molecule has 1 atom stereocenters. The minimum atomic E-state index is -4.73. The molecule has 1 N–H and O–H groups in total. The Bertz CT molecular complexity index is 754. The van der Waals surface area contributed by atoms with Crippen LogP contribution in [0.15, 0.2) is 29.4 Å². The molecule has 1 aliphatic rings. The lowest BCUT2D eigenvalue weighted by molar-refractivity contribution is -0.197. The number of hydrogen-bond donors (Lipinski definition) is 1. The molecule has 2 amide bonds. The first kappa shape index (κ1) is 20.7. The highest BCUT2D eigenvalue weighted by Crippen LogP contribution is 2.30. The second-order valence-electron chi connectivity index (χ2n) is 5.21. The fourth-order valence-corrected chi connectivity index (χ4v) is 4.76. The highest BCUT2D eigenvalue weighted by molar-refractivity contribution is 8.76. The molecule has 1 fully saturated rings. The molecule has 2 heterocycles. The lowest BCUT2D eigenvalue weighted by atomic mass is 10.2. The van der Waals surface area contributed by atoms with Gasteiger partial charge in [-0.2, -0.15) is 8.42 Å². The van der Waals surface area contributed by atoms with Gasteiger partial charge in [0, 0.05) is 24.8 Å². The average molecular weight is 420 g/mol. The molecule has 1 aromatic heterocycles. The number of pyridine rings is 1. The molecule has 26 heavy (non-hydrogen) atoms. The number of carbonyl (C=O) groups is 3. The number of aromatic nitrogens is 1. The van der Waals surface area contributed by atoms with E-state index in [0.29, 0.717) is 5.75 Å². The number of nitrogens with zero attached hydrogens (tertiary/aromatic N) is 2. The number of amides is 2. The van der Waals surface area contributed by atoms with Crippen LogP contribution in [0.5, 0.6) is 0 Å². The molecule has 1 saturated heterocycles. The lowest BCUT2D eigenvalue weighted by Gasteiger charge is -2.17. The van der Waals surface area contributed by atoms with E-state index in [4.69, 9.17) is 0 Å². The van der Waals surface area contributed by atoms with Crippen LogP contribution < -0.4 is 0 Å². The van der Waals surface area contributed by atoms with Gasteiger partial charge in [0.1, 0.15) is 5.03 Å². The molecule has 1 aliphatic heterocycles. The molecule has 0 spiro atoms. The standard InChI is InChI=1S/C14H16N2O7S3/c17-12-6-7-13(18)16(12)23-14(19)10(26(20,21)22)4-3-9-24-25-11-5-1-2-8-15-11/h1-2,5,8,10H,3-4,6-7,9H2,(H,20,21,22). The Morgan fingerprint density at radius 3 is 2.58 bits per heavy atom. The summed E-state index contributed by atoms with van der Waals surface area (Å²) in [5.41, 5.74) is 0. The molecule has 0 bridgehead atoms. The molecular weight excluding hydrogens is 404 g/mol. The normalized spacial score (nSPS) is 16.0. The van der Waals surface area contributed by atoms with Crippen LogP contribution in [0.1, 0.15) is 25.7 Å². The highest BCUT2D eigenvalue weighted by Gasteiger charge is 2.38. The van der Waals surface area contributed by atoms with Crippen LogP contribution in [-0.4, -0.2) is 51.8 Å². The third-order valence-electron chi connectivity index (χ3n) is 3.29. The van der Waals surface area contributed by atoms with E-state index in [-0.39, 0.29) is 30.7 Å². The summed E-state index contributed by atoms with van der Waals surface area (Å²) in [6.07, 6.45) is 1.51. The third-order valence-corrected chi connectivity index (χ3v) is 6.78. The van der Waals surface area contributed by atoms with Gasteiger partial charge in [-0.1, -0.05) is 16.9 Å². The average Bonchev–Trinajstić information content (AvgIpc) is 2.89. The van der Waals surface area contributed by atoms with Gasteiger partial charge in [0.25, 0.3) is 21.9 Å². The van der Waals surface area contributed by atoms with E-state index in [1.807, 2.05) is 12.1 Å². The van der Waals surface area contributed by atoms with E-state index in [1.165, 1.54) is 21.6 Å². The van der Waals surface area contributed by atoms with Crippen LogP contribution in [0.25, 0.3) is 0 Å². The molecule has 0 radical (unpaired) electrons. The zero-order chi connectivity index (χ0) is 19.2. The van der Waals surface area contributed by atoms with Crippen LogP contribution in [0.3, 0.4) is 0 Å². The minimum Gasteiger partial charge on any atom is -0.329 e. The van der Waals surface area contributed by atoms with Crippen molar-refractivity contribution in [1.82, 2.24) is 10.0 Å². The van der Waals surface area contributed by atoms with E-state index >= 15 is 0 Å². The summed E-state index contributed by atoms with van der Waals surface area (Å²) in [6.45, 7) is 0. The second kappa shape index (κ2) is 9.35. The zero-order valence-electron chi connectivity index (χ0n) is 13.4. The van der Waals surface area contributed by atoms with Crippen molar-refractivity contribution in [3.63, 3.8) is 0 Å². The predicted octanol–water partition coefficient (Wildman–Crippen LogP) is 1.47. The molecule has 2 rings (SSSR count). The van der Waals surface area contributed by atoms with Crippen LogP contribution in [0, 0.1) is 0 Å². The Morgan fingerprint density at radius 1 is 1.31 bits per heavy atom. The molecule has 9 nitrogen and oxygen atoms in total. The van der Waals surface area contributed by atoms with Gasteiger partial charge >= 0.3 is 5.97 Å². The summed E-state index contributed by atoms with van der Waals surface area (Å²) in [6, 6.07) is 5.44. The SMILES string of the molecule is O=C(ON1C(=O)CCC1=O)C(CCCSSc1ccccn1)S(=O)(=O)O. The van der Waals surface area contributed by atoms with Crippen molar-refractivity contribution < 1.29 is 32.2 Å². The van der Waals surface area contributed by atoms with Crippen LogP contribution >= 0.6 is 21.6 Å². The summed E-state index contributed by atoms with van der Waals surface area (Å²) < 4.78 is 32.1. The molecule has 0 saturated carbocycles. The smallest absolute Gasteiger partial charge is 0.329 e. The minimum absolute atomic E-state index is 0.107. The molecule has 0 aliphatic carbocycles. The van der Waals surface area contributed by atoms with E-state index in [0.717, 1.165) is 5.03 Å². The van der Waals surface area contributed by atoms with E-state index in [1.54, 1.807) is 12.3 Å². The molecule has 142 valence electrons. The van der Waals surface area contributed by atoms with Gasteiger partial charge in [0.05, 0.1) is 0 Å². The number of imide groups is 1. The van der Waals surface area contributed by atoms with Crippen molar-refractivity contribution >= 4 is 49.5 Å². The first-order chi connectivity index (χ1) is 12.3. The molecule has 1 unspecified atom stereocenters. The summed E-state index contributed by atoms with van der Waals surface area (Å²) in [7, 11) is -1.93. The fraction of sp³-hybridized carbons (Fsp3) is 0.429. The van der Waals surface area contributed by atoms with E-state index < -0.39 is 33.2 Å². The van der Waals surface area contributed by atoms with Gasteiger partial charge < -0.3 is 4.84 Å². The third kappa shape index (κ3) is 5.97. The maximum Gasteiger partial charge on any atom is 0.353 e. The molecule has 0 aromatic carbocycles. The Labute approximate surface area is 158 Å². The second-order valence-corrected chi connectivity index (χ2v) is 9.25. The van der Waals surface area contributed by atoms with Crippen molar-refractivity contribution in [3.8, 4) is 0 Å². The highest BCUT2D eigenvalue weighted by atomic mass is 33.1. The first-order valence-corrected chi connectivity index (χ1v) is 11.4. The Hall–Kier alpha value is -1.63. The topological polar surface area (TPSA) is 131 Å². The van der Waals surface area contributed by atoms with Crippen molar-refractivity contribution in [3.05, 3.63) is 24.4 Å². The largest absolute Gasteiger partial charge is 0.353 e. The molecular formula is C14H16N2O7S3. The monoisotopic (exact) mass is 420 g/mol. The van der Waals surface area contributed by atoms with Gasteiger partial charge in [-0.25, -0.2) is 9.78 Å². The van der Waals surface area contributed by atoms with Crippen LogP contribution in [-0.2, 0) is 29.3 Å². The van der Waals surface area contributed by atoms with Crippen molar-refractivity contribution in [2.24, 2.45) is 0 Å². The quantitative estimate of drug-likeness (QED) is 0.271. The van der Waals surface area contributed by atoms with E-state index in [2.05, 4.69) is 9.82 Å². The Kier molecular flexibility index (Phi) is 7.43. The van der Waals surface area contributed by atoms with Crippen molar-refractivity contribution in [2.75, 3.05) is 5.75 Å². The summed E-state index contributed by atoms with van der Waals surface area (Å²) in [4.78, 5) is 43.6. The maximum absolute atomic E-state index is 12.0. The maximum atomic E-state index is 12.0. The lowest BCUT2D eigenvalue weighted by Crippen LogP contribution is -2.39. The number of hydrogen-bond acceptors (Lipinski definition) is 9. The fourth-order valence-electron chi connectivity index (χ4n) is 2.02. The predicted molar refractivity (Wildman–Crippen MR) is 94.3 cm³/mol. The molecule has 12 heteroatoms. The van der Waals surface area contributed by atoms with Gasteiger partial charge in [0.2, 0.25) is 0 Å². The molecule has 1 aromatic rings. The number of rotatable bonds is 9. The van der Waals surface area contributed by atoms with E-state index in [9.17, 15) is 27.4 Å².